The van der Waals surface area contributed by atoms with Crippen LogP contribution >= 0.6 is 0 Å². The lowest BCUT2D eigenvalue weighted by Gasteiger charge is -2.27. The summed E-state index contributed by atoms with van der Waals surface area (Å²) in [6.45, 7) is 2.27. The van der Waals surface area contributed by atoms with Crippen molar-refractivity contribution in [1.82, 2.24) is 10.6 Å². The summed E-state index contributed by atoms with van der Waals surface area (Å²) in [4.78, 5) is 26.7. The molecule has 214 valence electrons. The van der Waals surface area contributed by atoms with Crippen LogP contribution in [0, 0.1) is 11.7 Å². The van der Waals surface area contributed by atoms with Gasteiger partial charge in [-0.1, -0.05) is 32.1 Å². The maximum absolute atomic E-state index is 13.3. The molecule has 1 fully saturated rings. The van der Waals surface area contributed by atoms with E-state index in [-0.39, 0.29) is 28.4 Å². The fourth-order valence-corrected chi connectivity index (χ4v) is 5.56. The average Bonchev–Trinajstić information content (AvgIpc) is 3.43. The molecular formula is C30H36FN3O5S. The van der Waals surface area contributed by atoms with E-state index in [1.807, 2.05) is 6.92 Å². The summed E-state index contributed by atoms with van der Waals surface area (Å²) in [6.07, 6.45) is 7.16. The van der Waals surface area contributed by atoms with Crippen LogP contribution in [0.25, 0.3) is 11.3 Å². The maximum Gasteiger partial charge on any atom is 0.287 e. The molecule has 3 N–H and O–H groups in total. The molecule has 0 aliphatic heterocycles. The van der Waals surface area contributed by atoms with E-state index in [0.717, 1.165) is 37.6 Å². The van der Waals surface area contributed by atoms with Crippen LogP contribution in [0.4, 0.5) is 10.1 Å². The highest BCUT2D eigenvalue weighted by Crippen LogP contribution is 2.28. The van der Waals surface area contributed by atoms with Crippen molar-refractivity contribution in [1.29, 1.82) is 0 Å². The lowest BCUT2D eigenvalue weighted by atomic mass is 9.84. The number of hydrogen-bond donors (Lipinski definition) is 3. The molecule has 2 atom stereocenters. The van der Waals surface area contributed by atoms with Crippen LogP contribution in [0.1, 0.15) is 56.0 Å². The normalized spacial score (nSPS) is 15.7. The van der Waals surface area contributed by atoms with E-state index in [0.29, 0.717) is 30.2 Å². The maximum atomic E-state index is 13.3. The van der Waals surface area contributed by atoms with Crippen LogP contribution in [0.3, 0.4) is 0 Å². The Bertz CT molecular complexity index is 1400. The van der Waals surface area contributed by atoms with Gasteiger partial charge in [0.2, 0.25) is 5.91 Å². The molecule has 0 unspecified atom stereocenters. The average molecular weight is 570 g/mol. The summed E-state index contributed by atoms with van der Waals surface area (Å²) < 4.78 is 42.3. The number of hydrogen-bond acceptors (Lipinski definition) is 6. The highest BCUT2D eigenvalue weighted by Gasteiger charge is 2.28. The van der Waals surface area contributed by atoms with Crippen LogP contribution in [-0.4, -0.2) is 45.1 Å². The van der Waals surface area contributed by atoms with Gasteiger partial charge in [-0.25, -0.2) is 12.8 Å². The minimum absolute atomic E-state index is 0.0769. The molecule has 10 heteroatoms. The van der Waals surface area contributed by atoms with E-state index in [2.05, 4.69) is 16.0 Å². The Kier molecular flexibility index (Phi) is 9.63. The third-order valence-electron chi connectivity index (χ3n) is 7.16. The lowest BCUT2D eigenvalue weighted by molar-refractivity contribution is -0.124. The first-order valence-corrected chi connectivity index (χ1v) is 15.5. The van der Waals surface area contributed by atoms with Crippen molar-refractivity contribution in [2.24, 2.45) is 5.92 Å². The second-order valence-corrected chi connectivity index (χ2v) is 12.5. The molecule has 2 aromatic carbocycles. The van der Waals surface area contributed by atoms with Gasteiger partial charge in [0.1, 0.15) is 17.6 Å². The Balaban J connectivity index is 1.38. The van der Waals surface area contributed by atoms with Gasteiger partial charge in [0.05, 0.1) is 4.90 Å². The van der Waals surface area contributed by atoms with Gasteiger partial charge in [0, 0.05) is 30.1 Å². The zero-order chi connectivity index (χ0) is 28.7. The molecule has 0 radical (unpaired) electrons. The second kappa shape index (κ2) is 13.1. The zero-order valence-electron chi connectivity index (χ0n) is 22.8. The molecule has 1 heterocycles. The van der Waals surface area contributed by atoms with Gasteiger partial charge in [-0.05, 0) is 79.9 Å². The van der Waals surface area contributed by atoms with E-state index in [1.54, 1.807) is 36.4 Å². The number of sulfone groups is 1. The molecule has 4 rings (SSSR count). The van der Waals surface area contributed by atoms with Crippen molar-refractivity contribution in [2.45, 2.75) is 62.4 Å². The van der Waals surface area contributed by atoms with Crippen LogP contribution < -0.4 is 16.0 Å². The Morgan fingerprint density at radius 1 is 0.950 bits per heavy atom. The molecule has 0 saturated heterocycles. The fourth-order valence-electron chi connectivity index (χ4n) is 4.93. The van der Waals surface area contributed by atoms with Crippen molar-refractivity contribution >= 4 is 27.3 Å². The van der Waals surface area contributed by atoms with Crippen molar-refractivity contribution in [3.8, 4) is 11.3 Å². The second-order valence-electron chi connectivity index (χ2n) is 10.5. The van der Waals surface area contributed by atoms with E-state index in [1.165, 1.54) is 30.7 Å². The van der Waals surface area contributed by atoms with Crippen LogP contribution in [0.2, 0.25) is 0 Å². The standard InChI is InChI=1S/C30H36FN3O5S/c1-20(19-32-24-12-14-25(15-13-24)40(2,37)38)33-29(35)26(18-21-6-4-3-5-7-21)34-30(36)28-17-16-27(39-28)22-8-10-23(31)11-9-22/h8-17,20-21,26,32H,3-7,18-19H2,1-2H3,(H,33,35)(H,34,36)/t20-,26-/m0/s1. The summed E-state index contributed by atoms with van der Waals surface area (Å²) in [5.41, 5.74) is 1.37. The number of halogens is 1. The molecule has 0 bridgehead atoms. The molecule has 1 aliphatic carbocycles. The highest BCUT2D eigenvalue weighted by molar-refractivity contribution is 7.90. The summed E-state index contributed by atoms with van der Waals surface area (Å²) in [6, 6.07) is 14.4. The van der Waals surface area contributed by atoms with Crippen molar-refractivity contribution in [3.63, 3.8) is 0 Å². The molecule has 0 spiro atoms. The molecule has 40 heavy (non-hydrogen) atoms. The number of amides is 2. The summed E-state index contributed by atoms with van der Waals surface area (Å²) in [5.74, 6) is -0.264. The molecule has 3 aromatic rings. The van der Waals surface area contributed by atoms with Crippen molar-refractivity contribution in [3.05, 3.63) is 72.2 Å². The molecular weight excluding hydrogens is 533 g/mol. The molecule has 1 saturated carbocycles. The predicted molar refractivity (Wildman–Crippen MR) is 152 cm³/mol. The quantitative estimate of drug-likeness (QED) is 0.293. The SMILES string of the molecule is C[C@@H](CNc1ccc(S(C)(=O)=O)cc1)NC(=O)[C@H](CC1CCCCC1)NC(=O)c1ccc(-c2ccc(F)cc2)o1. The predicted octanol–water partition coefficient (Wildman–Crippen LogP) is 5.17. The van der Waals surface area contributed by atoms with Gasteiger partial charge in [0.15, 0.2) is 15.6 Å². The summed E-state index contributed by atoms with van der Waals surface area (Å²) in [5, 5.41) is 9.06. The monoisotopic (exact) mass is 569 g/mol. The van der Waals surface area contributed by atoms with Gasteiger partial charge in [-0.15, -0.1) is 0 Å². The van der Waals surface area contributed by atoms with Gasteiger partial charge in [-0.3, -0.25) is 9.59 Å². The van der Waals surface area contributed by atoms with Crippen LogP contribution in [0.5, 0.6) is 0 Å². The van der Waals surface area contributed by atoms with E-state index in [4.69, 9.17) is 4.42 Å². The minimum atomic E-state index is -3.27. The number of rotatable bonds is 11. The Morgan fingerprint density at radius 2 is 1.62 bits per heavy atom. The number of carbonyl (C=O) groups is 2. The first-order valence-electron chi connectivity index (χ1n) is 13.6. The van der Waals surface area contributed by atoms with E-state index in [9.17, 15) is 22.4 Å². The Labute approximate surface area is 234 Å². The number of furan rings is 1. The van der Waals surface area contributed by atoms with Gasteiger partial charge < -0.3 is 20.4 Å². The van der Waals surface area contributed by atoms with E-state index >= 15 is 0 Å². The van der Waals surface area contributed by atoms with Gasteiger partial charge >= 0.3 is 0 Å². The molecule has 1 aliphatic rings. The van der Waals surface area contributed by atoms with Gasteiger partial charge in [0.25, 0.3) is 5.91 Å². The smallest absolute Gasteiger partial charge is 0.287 e. The van der Waals surface area contributed by atoms with Crippen LogP contribution in [-0.2, 0) is 14.6 Å². The molecule has 2 amide bonds. The third kappa shape index (κ3) is 8.17. The summed E-state index contributed by atoms with van der Waals surface area (Å²) >= 11 is 0. The lowest BCUT2D eigenvalue weighted by Crippen LogP contribution is -2.51. The molecule has 8 nitrogen and oxygen atoms in total. The number of anilines is 1. The van der Waals surface area contributed by atoms with Crippen molar-refractivity contribution < 1.29 is 26.8 Å². The Morgan fingerprint density at radius 3 is 2.27 bits per heavy atom. The van der Waals surface area contributed by atoms with Crippen molar-refractivity contribution in [2.75, 3.05) is 18.1 Å². The van der Waals surface area contributed by atoms with E-state index < -0.39 is 21.8 Å². The summed E-state index contributed by atoms with van der Waals surface area (Å²) in [7, 11) is -3.27. The number of carbonyl (C=O) groups excluding carboxylic acids is 2. The van der Waals surface area contributed by atoms with Gasteiger partial charge in [-0.2, -0.15) is 0 Å². The minimum Gasteiger partial charge on any atom is -0.451 e. The Hall–Kier alpha value is -3.66. The topological polar surface area (TPSA) is 118 Å². The number of benzene rings is 2. The third-order valence-corrected chi connectivity index (χ3v) is 8.29. The first-order chi connectivity index (χ1) is 19.1. The highest BCUT2D eigenvalue weighted by atomic mass is 32.2. The first kappa shape index (κ1) is 29.3. The van der Waals surface area contributed by atoms with Crippen LogP contribution in [0.15, 0.2) is 70.0 Å². The largest absolute Gasteiger partial charge is 0.451 e. The fraction of sp³-hybridized carbons (Fsp3) is 0.400. The molecule has 1 aromatic heterocycles. The zero-order valence-corrected chi connectivity index (χ0v) is 23.6. The number of nitrogens with one attached hydrogen (secondary N) is 3.